The number of ether oxygens (including phenoxy) is 3. The first-order chi connectivity index (χ1) is 20.4. The molecule has 1 aliphatic carbocycles. The minimum absolute atomic E-state index is 0.0120. The number of methoxy groups -OCH3 is 1. The van der Waals surface area contributed by atoms with Gasteiger partial charge in [0.2, 0.25) is 5.91 Å². The Labute approximate surface area is 245 Å². The molecule has 0 radical (unpaired) electrons. The fourth-order valence-electron chi connectivity index (χ4n) is 6.21. The van der Waals surface area contributed by atoms with Gasteiger partial charge in [0.1, 0.15) is 24.2 Å². The molecule has 2 aliphatic heterocycles. The van der Waals surface area contributed by atoms with Crippen molar-refractivity contribution in [1.82, 2.24) is 10.2 Å². The third-order valence-corrected chi connectivity index (χ3v) is 8.45. The lowest BCUT2D eigenvalue weighted by molar-refractivity contribution is -0.134. The monoisotopic (exact) mass is 569 g/mol. The topological polar surface area (TPSA) is 106 Å². The first kappa shape index (κ1) is 27.8. The molecule has 42 heavy (non-hydrogen) atoms. The van der Waals surface area contributed by atoms with E-state index in [0.29, 0.717) is 41.2 Å². The number of hydrogen-bond acceptors (Lipinski definition) is 6. The molecule has 0 spiro atoms. The second-order valence-electron chi connectivity index (χ2n) is 11.2. The number of hydrogen-bond donors (Lipinski definition) is 2. The molecule has 3 amide bonds. The van der Waals surface area contributed by atoms with Gasteiger partial charge in [-0.1, -0.05) is 24.3 Å². The van der Waals surface area contributed by atoms with Crippen LogP contribution in [0.5, 0.6) is 11.5 Å². The van der Waals surface area contributed by atoms with Gasteiger partial charge in [-0.05, 0) is 79.3 Å². The van der Waals surface area contributed by atoms with Gasteiger partial charge in [0.05, 0.1) is 31.2 Å². The first-order valence-corrected chi connectivity index (χ1v) is 14.4. The molecule has 1 fully saturated rings. The molecule has 0 bridgehead atoms. The maximum atomic E-state index is 13.6. The van der Waals surface area contributed by atoms with Crippen LogP contribution in [0.3, 0.4) is 0 Å². The Bertz CT molecular complexity index is 1460. The molecule has 3 atom stereocenters. The van der Waals surface area contributed by atoms with Crippen LogP contribution in [0.15, 0.2) is 66.7 Å². The van der Waals surface area contributed by atoms with E-state index in [1.807, 2.05) is 12.1 Å². The smallest absolute Gasteiger partial charge is 0.257 e. The minimum Gasteiger partial charge on any atom is -0.497 e. The van der Waals surface area contributed by atoms with Crippen molar-refractivity contribution < 1.29 is 28.6 Å². The summed E-state index contributed by atoms with van der Waals surface area (Å²) in [5, 5.41) is 6.04. The highest BCUT2D eigenvalue weighted by Gasteiger charge is 2.39. The van der Waals surface area contributed by atoms with Crippen molar-refractivity contribution >= 4 is 23.4 Å². The minimum atomic E-state index is -0.358. The summed E-state index contributed by atoms with van der Waals surface area (Å²) in [5.41, 5.74) is 3.94. The van der Waals surface area contributed by atoms with Gasteiger partial charge in [0.15, 0.2) is 0 Å². The molecule has 0 unspecified atom stereocenters. The van der Waals surface area contributed by atoms with E-state index in [2.05, 4.69) is 22.8 Å². The lowest BCUT2D eigenvalue weighted by Gasteiger charge is -2.42. The van der Waals surface area contributed by atoms with E-state index in [-0.39, 0.29) is 55.0 Å². The Morgan fingerprint density at radius 2 is 1.74 bits per heavy atom. The van der Waals surface area contributed by atoms with Crippen molar-refractivity contribution in [2.45, 2.75) is 56.4 Å². The standard InChI is InChI=1S/C33H35N3O6/c1-36-28-13-12-26(18-31(37)34-24-15-21-5-3-4-6-22(21)16-24)42-30(28)19-41-29-14-9-23(17-27(29)33(36)39)35-32(38)20-7-10-25(40-2)11-8-20/h3-11,14,17,24,26,28,30H,12-13,15-16,18-19H2,1-2H3,(H,34,37)(H,35,38)/t26-,28-,30-/m0/s1. The average molecular weight is 570 g/mol. The van der Waals surface area contributed by atoms with Crippen molar-refractivity contribution in [2.75, 3.05) is 26.1 Å². The zero-order chi connectivity index (χ0) is 29.2. The van der Waals surface area contributed by atoms with Crippen LogP contribution in [0.4, 0.5) is 5.69 Å². The van der Waals surface area contributed by atoms with Crippen molar-refractivity contribution in [2.24, 2.45) is 0 Å². The Balaban J connectivity index is 1.08. The molecule has 9 nitrogen and oxygen atoms in total. The highest BCUT2D eigenvalue weighted by atomic mass is 16.5. The molecule has 218 valence electrons. The number of benzene rings is 3. The molecule has 0 saturated carbocycles. The van der Waals surface area contributed by atoms with Crippen LogP contribution < -0.4 is 20.1 Å². The highest BCUT2D eigenvalue weighted by molar-refractivity contribution is 6.05. The van der Waals surface area contributed by atoms with Crippen LogP contribution in [0.1, 0.15) is 51.1 Å². The highest BCUT2D eigenvalue weighted by Crippen LogP contribution is 2.33. The van der Waals surface area contributed by atoms with E-state index >= 15 is 0 Å². The largest absolute Gasteiger partial charge is 0.497 e. The molecule has 3 aromatic carbocycles. The zero-order valence-electron chi connectivity index (χ0n) is 23.8. The van der Waals surface area contributed by atoms with Gasteiger partial charge in [0.25, 0.3) is 11.8 Å². The van der Waals surface area contributed by atoms with Crippen LogP contribution in [0.2, 0.25) is 0 Å². The number of fused-ring (bicyclic) bond motifs is 3. The predicted molar refractivity (Wildman–Crippen MR) is 157 cm³/mol. The summed E-state index contributed by atoms with van der Waals surface area (Å²) in [7, 11) is 3.34. The van der Waals surface area contributed by atoms with Crippen LogP contribution in [0.25, 0.3) is 0 Å². The maximum Gasteiger partial charge on any atom is 0.257 e. The zero-order valence-corrected chi connectivity index (χ0v) is 23.8. The van der Waals surface area contributed by atoms with E-state index in [1.165, 1.54) is 11.1 Å². The summed E-state index contributed by atoms with van der Waals surface area (Å²) in [6.07, 6.45) is 2.76. The lowest BCUT2D eigenvalue weighted by Crippen LogP contribution is -2.54. The molecule has 0 aromatic heterocycles. The third kappa shape index (κ3) is 5.83. The van der Waals surface area contributed by atoms with E-state index in [9.17, 15) is 14.4 Å². The normalized spacial score (nSPS) is 21.6. The quantitative estimate of drug-likeness (QED) is 0.465. The molecule has 6 rings (SSSR count). The fraction of sp³-hybridized carbons (Fsp3) is 0.364. The van der Waals surface area contributed by atoms with Gasteiger partial charge in [-0.15, -0.1) is 0 Å². The lowest BCUT2D eigenvalue weighted by atomic mass is 9.94. The molecule has 9 heteroatoms. The second-order valence-corrected chi connectivity index (χ2v) is 11.2. The summed E-state index contributed by atoms with van der Waals surface area (Å²) >= 11 is 0. The number of likely N-dealkylation sites (N-methyl/N-ethyl adjacent to an activating group) is 1. The number of anilines is 1. The molecule has 3 aromatic rings. The molecular formula is C33H35N3O6. The van der Waals surface area contributed by atoms with E-state index < -0.39 is 0 Å². The number of nitrogens with one attached hydrogen (secondary N) is 2. The third-order valence-electron chi connectivity index (χ3n) is 8.45. The molecule has 2 heterocycles. The Morgan fingerprint density at radius 1 is 1.00 bits per heavy atom. The number of nitrogens with zero attached hydrogens (tertiary/aromatic N) is 1. The fourth-order valence-corrected chi connectivity index (χ4v) is 6.21. The van der Waals surface area contributed by atoms with Gasteiger partial charge in [-0.25, -0.2) is 0 Å². The molecule has 3 aliphatic rings. The summed E-state index contributed by atoms with van der Waals surface area (Å²) < 4.78 is 17.6. The van der Waals surface area contributed by atoms with Crippen molar-refractivity contribution in [3.05, 3.63) is 89.0 Å². The van der Waals surface area contributed by atoms with Gasteiger partial charge < -0.3 is 29.7 Å². The van der Waals surface area contributed by atoms with Gasteiger partial charge in [0, 0.05) is 24.3 Å². The molecular weight excluding hydrogens is 534 g/mol. The van der Waals surface area contributed by atoms with Gasteiger partial charge in [-0.2, -0.15) is 0 Å². The summed E-state index contributed by atoms with van der Waals surface area (Å²) in [6.45, 7) is 0.253. The van der Waals surface area contributed by atoms with E-state index in [1.54, 1.807) is 61.5 Å². The SMILES string of the molecule is COc1ccc(C(=O)Nc2ccc3c(c2)C(=O)N(C)[C@H]2CC[C@@H](CC(=O)NC4Cc5ccccc5C4)O[C@H]2CO3)cc1. The Hall–Kier alpha value is -4.37. The van der Waals surface area contributed by atoms with Crippen molar-refractivity contribution in [3.8, 4) is 11.5 Å². The van der Waals surface area contributed by atoms with Crippen LogP contribution in [-0.2, 0) is 22.4 Å². The number of carbonyl (C=O) groups excluding carboxylic acids is 3. The summed E-state index contributed by atoms with van der Waals surface area (Å²) in [6, 6.07) is 20.1. The van der Waals surface area contributed by atoms with E-state index in [0.717, 1.165) is 12.8 Å². The maximum absolute atomic E-state index is 13.6. The van der Waals surface area contributed by atoms with Crippen LogP contribution in [0, 0.1) is 0 Å². The summed E-state index contributed by atoms with van der Waals surface area (Å²) in [4.78, 5) is 40.9. The predicted octanol–water partition coefficient (Wildman–Crippen LogP) is 4.00. The second kappa shape index (κ2) is 11.9. The first-order valence-electron chi connectivity index (χ1n) is 14.4. The number of amides is 3. The van der Waals surface area contributed by atoms with Gasteiger partial charge >= 0.3 is 0 Å². The number of rotatable bonds is 6. The summed E-state index contributed by atoms with van der Waals surface area (Å²) in [5.74, 6) is 0.576. The van der Waals surface area contributed by atoms with Crippen molar-refractivity contribution in [3.63, 3.8) is 0 Å². The van der Waals surface area contributed by atoms with Crippen LogP contribution in [-0.4, -0.2) is 67.7 Å². The number of carbonyl (C=O) groups is 3. The van der Waals surface area contributed by atoms with E-state index in [4.69, 9.17) is 14.2 Å². The molecule has 2 N–H and O–H groups in total. The van der Waals surface area contributed by atoms with Crippen molar-refractivity contribution in [1.29, 1.82) is 0 Å². The van der Waals surface area contributed by atoms with Gasteiger partial charge in [-0.3, -0.25) is 14.4 Å². The van der Waals surface area contributed by atoms with Crippen LogP contribution >= 0.6 is 0 Å². The molecule has 1 saturated heterocycles. The Kier molecular flexibility index (Phi) is 7.84. The Morgan fingerprint density at radius 3 is 2.45 bits per heavy atom. The average Bonchev–Trinajstić information content (AvgIpc) is 3.41.